The van der Waals surface area contributed by atoms with Crippen LogP contribution in [0.2, 0.25) is 0 Å². The van der Waals surface area contributed by atoms with Crippen molar-refractivity contribution in [3.63, 3.8) is 0 Å². The second-order valence-corrected chi connectivity index (χ2v) is 11.4. The van der Waals surface area contributed by atoms with E-state index in [2.05, 4.69) is 5.32 Å². The highest BCUT2D eigenvalue weighted by molar-refractivity contribution is 7.92. The second-order valence-electron chi connectivity index (χ2n) is 9.54. The van der Waals surface area contributed by atoms with Crippen molar-refractivity contribution < 1.29 is 27.7 Å². The number of anilines is 1. The lowest BCUT2D eigenvalue weighted by atomic mass is 10.1. The summed E-state index contributed by atoms with van der Waals surface area (Å²) in [4.78, 5) is 38.9. The zero-order chi connectivity index (χ0) is 28.0. The van der Waals surface area contributed by atoms with Crippen molar-refractivity contribution >= 4 is 33.2 Å². The lowest BCUT2D eigenvalue weighted by Crippen LogP contribution is -2.52. The van der Waals surface area contributed by atoms with E-state index >= 15 is 0 Å². The number of non-ortho nitro benzene ring substituents is 1. The van der Waals surface area contributed by atoms with Gasteiger partial charge in [0.1, 0.15) is 18.3 Å². The molecular formula is C26H34N4O7S. The molecule has 12 heteroatoms. The molecule has 0 radical (unpaired) electrons. The zero-order valence-electron chi connectivity index (χ0n) is 22.0. The Kier molecular flexibility index (Phi) is 9.31. The van der Waals surface area contributed by atoms with Crippen LogP contribution in [0, 0.1) is 17.0 Å². The SMILES string of the molecule is COc1cccc(CN(C(=O)CN(c2cc([N+](=O)[O-])ccc2C)S(C)(=O)=O)[C@H](C)C(=O)NC2CCCC2)c1. The minimum absolute atomic E-state index is 0.0273. The lowest BCUT2D eigenvalue weighted by Gasteiger charge is -2.32. The molecule has 1 fully saturated rings. The minimum Gasteiger partial charge on any atom is -0.497 e. The molecule has 0 heterocycles. The third kappa shape index (κ3) is 7.21. The lowest BCUT2D eigenvalue weighted by molar-refractivity contribution is -0.384. The summed E-state index contributed by atoms with van der Waals surface area (Å²) in [6.45, 7) is 2.60. The van der Waals surface area contributed by atoms with Gasteiger partial charge in [0.15, 0.2) is 0 Å². The maximum atomic E-state index is 13.7. The molecule has 38 heavy (non-hydrogen) atoms. The van der Waals surface area contributed by atoms with Gasteiger partial charge in [0.25, 0.3) is 5.69 Å². The Morgan fingerprint density at radius 2 is 1.87 bits per heavy atom. The summed E-state index contributed by atoms with van der Waals surface area (Å²) in [6.07, 6.45) is 4.73. The van der Waals surface area contributed by atoms with Crippen molar-refractivity contribution in [2.24, 2.45) is 0 Å². The number of methoxy groups -OCH3 is 1. The highest BCUT2D eigenvalue weighted by atomic mass is 32.2. The molecular weight excluding hydrogens is 512 g/mol. The van der Waals surface area contributed by atoms with Crippen LogP contribution in [-0.2, 0) is 26.2 Å². The minimum atomic E-state index is -4.02. The average Bonchev–Trinajstić information content (AvgIpc) is 3.38. The van der Waals surface area contributed by atoms with E-state index in [1.54, 1.807) is 38.1 Å². The van der Waals surface area contributed by atoms with Crippen molar-refractivity contribution in [2.45, 2.75) is 58.2 Å². The molecule has 11 nitrogen and oxygen atoms in total. The number of sulfonamides is 1. The quantitative estimate of drug-likeness (QED) is 0.337. The molecule has 0 aliphatic heterocycles. The van der Waals surface area contributed by atoms with Crippen molar-refractivity contribution in [2.75, 3.05) is 24.2 Å². The largest absolute Gasteiger partial charge is 0.497 e. The van der Waals surface area contributed by atoms with Crippen LogP contribution in [0.1, 0.15) is 43.7 Å². The molecule has 1 atom stereocenters. The molecule has 2 aromatic rings. The van der Waals surface area contributed by atoms with Gasteiger partial charge in [-0.3, -0.25) is 24.0 Å². The van der Waals surface area contributed by atoms with Crippen LogP contribution >= 0.6 is 0 Å². The van der Waals surface area contributed by atoms with Crippen LogP contribution in [0.3, 0.4) is 0 Å². The Balaban J connectivity index is 1.95. The van der Waals surface area contributed by atoms with Gasteiger partial charge in [-0.05, 0) is 49.9 Å². The number of hydrogen-bond donors (Lipinski definition) is 1. The Morgan fingerprint density at radius 3 is 2.47 bits per heavy atom. The maximum absolute atomic E-state index is 13.7. The van der Waals surface area contributed by atoms with Gasteiger partial charge in [-0.1, -0.05) is 31.0 Å². The Labute approximate surface area is 223 Å². The molecule has 2 aromatic carbocycles. The molecule has 2 amide bonds. The second kappa shape index (κ2) is 12.2. The molecule has 3 rings (SSSR count). The van der Waals surface area contributed by atoms with Crippen LogP contribution in [0.4, 0.5) is 11.4 Å². The van der Waals surface area contributed by atoms with E-state index < -0.39 is 33.4 Å². The van der Waals surface area contributed by atoms with Crippen molar-refractivity contribution in [3.8, 4) is 5.75 Å². The first-order valence-electron chi connectivity index (χ1n) is 12.4. The van der Waals surface area contributed by atoms with Crippen molar-refractivity contribution in [1.82, 2.24) is 10.2 Å². The zero-order valence-corrected chi connectivity index (χ0v) is 22.9. The number of hydrogen-bond acceptors (Lipinski definition) is 7. The fourth-order valence-corrected chi connectivity index (χ4v) is 5.42. The van der Waals surface area contributed by atoms with E-state index in [1.165, 1.54) is 24.1 Å². The predicted octanol–water partition coefficient (Wildman–Crippen LogP) is 3.15. The first kappa shape index (κ1) is 28.9. The highest BCUT2D eigenvalue weighted by Gasteiger charge is 2.32. The summed E-state index contributed by atoms with van der Waals surface area (Å²) in [5, 5.41) is 14.3. The van der Waals surface area contributed by atoms with E-state index in [4.69, 9.17) is 4.74 Å². The predicted molar refractivity (Wildman–Crippen MR) is 143 cm³/mol. The van der Waals surface area contributed by atoms with Crippen molar-refractivity contribution in [1.29, 1.82) is 0 Å². The number of carbonyl (C=O) groups excluding carboxylic acids is 2. The van der Waals surface area contributed by atoms with Crippen LogP contribution in [0.5, 0.6) is 5.75 Å². The molecule has 1 aliphatic carbocycles. The van der Waals surface area contributed by atoms with Gasteiger partial charge < -0.3 is 15.0 Å². The number of rotatable bonds is 11. The normalized spacial score (nSPS) is 14.5. The van der Waals surface area contributed by atoms with Gasteiger partial charge in [0.2, 0.25) is 21.8 Å². The third-order valence-electron chi connectivity index (χ3n) is 6.71. The molecule has 0 saturated heterocycles. The monoisotopic (exact) mass is 546 g/mol. The van der Waals surface area contributed by atoms with E-state index in [-0.39, 0.29) is 29.9 Å². The Bertz CT molecular complexity index is 1290. The number of benzene rings is 2. The number of nitro benzene ring substituents is 1. The number of ether oxygens (including phenoxy) is 1. The van der Waals surface area contributed by atoms with Gasteiger partial charge >= 0.3 is 0 Å². The van der Waals surface area contributed by atoms with E-state index in [1.807, 2.05) is 0 Å². The van der Waals surface area contributed by atoms with Gasteiger partial charge in [0.05, 0.1) is 24.0 Å². The Hall–Kier alpha value is -3.67. The van der Waals surface area contributed by atoms with Crippen LogP contribution in [0.15, 0.2) is 42.5 Å². The summed E-state index contributed by atoms with van der Waals surface area (Å²) in [5.41, 5.74) is 0.861. The maximum Gasteiger partial charge on any atom is 0.271 e. The highest BCUT2D eigenvalue weighted by Crippen LogP contribution is 2.28. The molecule has 0 aromatic heterocycles. The van der Waals surface area contributed by atoms with Crippen molar-refractivity contribution in [3.05, 3.63) is 63.7 Å². The standard InChI is InChI=1S/C26H34N4O7S/c1-18-12-13-22(30(33)34)15-24(18)29(38(4,35)36)17-25(31)28(16-20-8-7-11-23(14-20)37-3)19(2)26(32)27-21-9-5-6-10-21/h7-8,11-15,19,21H,5-6,9-10,16-17H2,1-4H3,(H,27,32)/t19-/m1/s1. The van der Waals surface area contributed by atoms with Gasteiger partial charge in [-0.25, -0.2) is 8.42 Å². The smallest absolute Gasteiger partial charge is 0.271 e. The Morgan fingerprint density at radius 1 is 1.18 bits per heavy atom. The summed E-state index contributed by atoms with van der Waals surface area (Å²) in [7, 11) is -2.50. The molecule has 1 saturated carbocycles. The topological polar surface area (TPSA) is 139 Å². The average molecular weight is 547 g/mol. The van der Waals surface area contributed by atoms with E-state index in [0.29, 0.717) is 16.9 Å². The summed E-state index contributed by atoms with van der Waals surface area (Å²) in [6, 6.07) is 10.0. The number of amides is 2. The molecule has 0 bridgehead atoms. The summed E-state index contributed by atoms with van der Waals surface area (Å²) in [5.74, 6) is -0.383. The fourth-order valence-electron chi connectivity index (χ4n) is 4.52. The first-order chi connectivity index (χ1) is 17.9. The number of aryl methyl sites for hydroxylation is 1. The molecule has 0 unspecified atom stereocenters. The van der Waals surface area contributed by atoms with E-state index in [9.17, 15) is 28.1 Å². The first-order valence-corrected chi connectivity index (χ1v) is 14.2. The molecule has 0 spiro atoms. The number of nitrogens with one attached hydrogen (secondary N) is 1. The van der Waals surface area contributed by atoms with Gasteiger partial charge in [-0.2, -0.15) is 0 Å². The third-order valence-corrected chi connectivity index (χ3v) is 7.83. The van der Waals surface area contributed by atoms with Crippen LogP contribution < -0.4 is 14.4 Å². The van der Waals surface area contributed by atoms with Gasteiger partial charge in [-0.15, -0.1) is 0 Å². The van der Waals surface area contributed by atoms with Crippen LogP contribution in [-0.4, -0.2) is 62.0 Å². The summed E-state index contributed by atoms with van der Waals surface area (Å²) < 4.78 is 31.7. The molecule has 206 valence electrons. The molecule has 1 aliphatic rings. The summed E-state index contributed by atoms with van der Waals surface area (Å²) >= 11 is 0. The number of nitro groups is 1. The number of nitrogens with zero attached hydrogens (tertiary/aromatic N) is 3. The van der Waals surface area contributed by atoms with Crippen LogP contribution in [0.25, 0.3) is 0 Å². The van der Waals surface area contributed by atoms with E-state index in [0.717, 1.165) is 42.3 Å². The van der Waals surface area contributed by atoms with Gasteiger partial charge in [0, 0.05) is 24.7 Å². The number of carbonyl (C=O) groups is 2. The molecule has 1 N–H and O–H groups in total. The fraction of sp³-hybridized carbons (Fsp3) is 0.462.